The van der Waals surface area contributed by atoms with Gasteiger partial charge in [0.15, 0.2) is 6.79 Å². The number of alkyl halides is 1. The van der Waals surface area contributed by atoms with E-state index in [9.17, 15) is 0 Å². The molecule has 4 rings (SSSR count). The lowest BCUT2D eigenvalue weighted by Gasteiger charge is -2.07. The first-order valence-electron chi connectivity index (χ1n) is 11.3. The Balaban J connectivity index is 0.000000230. The van der Waals surface area contributed by atoms with Gasteiger partial charge in [0.05, 0.1) is 12.4 Å². The second-order valence-electron chi connectivity index (χ2n) is 7.18. The number of halogens is 1. The summed E-state index contributed by atoms with van der Waals surface area (Å²) in [4.78, 5) is 8.07. The van der Waals surface area contributed by atoms with Gasteiger partial charge in [0, 0.05) is 26.4 Å². The fourth-order valence-electron chi connectivity index (χ4n) is 2.59. The molecule has 1 N–H and O–H groups in total. The van der Waals surface area contributed by atoms with Gasteiger partial charge in [0.2, 0.25) is 11.8 Å². The molecule has 0 aliphatic rings. The van der Waals surface area contributed by atoms with Gasteiger partial charge in [-0.15, -0.1) is 0 Å². The molecule has 0 bridgehead atoms. The number of aromatic hydroxyl groups is 1. The van der Waals surface area contributed by atoms with E-state index in [1.807, 2.05) is 60.7 Å². The van der Waals surface area contributed by atoms with Crippen LogP contribution in [0.25, 0.3) is 0 Å². The van der Waals surface area contributed by atoms with E-state index in [1.165, 1.54) is 6.20 Å². The van der Waals surface area contributed by atoms with Crippen molar-refractivity contribution in [2.24, 2.45) is 0 Å². The number of hydrogen-bond acceptors (Lipinski definition) is 8. The van der Waals surface area contributed by atoms with Crippen LogP contribution in [0.15, 0.2) is 97.3 Å². The zero-order valence-corrected chi connectivity index (χ0v) is 21.6. The minimum Gasteiger partial charge on any atom is -0.506 e. The minimum atomic E-state index is 0.141. The fraction of sp³-hybridized carbons (Fsp3) is 0.214. The number of pyridine rings is 2. The van der Waals surface area contributed by atoms with Gasteiger partial charge in [-0.25, -0.2) is 9.97 Å². The monoisotopic (exact) mass is 526 g/mol. The second kappa shape index (κ2) is 18.4. The van der Waals surface area contributed by atoms with E-state index in [1.54, 1.807) is 44.7 Å². The Hall–Kier alpha value is -3.85. The predicted octanol–water partition coefficient (Wildman–Crippen LogP) is 5.84. The van der Waals surface area contributed by atoms with Crippen molar-refractivity contribution in [3.05, 3.63) is 108 Å². The van der Waals surface area contributed by atoms with E-state index in [-0.39, 0.29) is 12.5 Å². The van der Waals surface area contributed by atoms with E-state index in [0.29, 0.717) is 36.8 Å². The maximum Gasteiger partial charge on any atom is 0.213 e. The average molecular weight is 527 g/mol. The molecule has 2 aromatic carbocycles. The van der Waals surface area contributed by atoms with E-state index < -0.39 is 0 Å². The zero-order chi connectivity index (χ0) is 26.6. The highest BCUT2D eigenvalue weighted by molar-refractivity contribution is 6.17. The first-order chi connectivity index (χ1) is 18.1. The van der Waals surface area contributed by atoms with E-state index in [4.69, 9.17) is 35.7 Å². The average Bonchev–Trinajstić information content (AvgIpc) is 2.97. The van der Waals surface area contributed by atoms with Crippen molar-refractivity contribution >= 4 is 11.6 Å². The van der Waals surface area contributed by atoms with Crippen LogP contribution in [0.1, 0.15) is 11.1 Å². The molecule has 0 amide bonds. The van der Waals surface area contributed by atoms with Gasteiger partial charge in [0.1, 0.15) is 30.8 Å². The molecular formula is C28H31ClN2O6. The molecule has 0 aliphatic carbocycles. The highest BCUT2D eigenvalue weighted by Crippen LogP contribution is 2.15. The summed E-state index contributed by atoms with van der Waals surface area (Å²) in [6.07, 6.45) is 2.97. The Morgan fingerprint density at radius 1 is 0.649 bits per heavy atom. The van der Waals surface area contributed by atoms with Gasteiger partial charge in [-0.05, 0) is 23.3 Å². The summed E-state index contributed by atoms with van der Waals surface area (Å²) in [5.41, 5.74) is 2.20. The molecule has 0 fully saturated rings. The normalized spacial score (nSPS) is 9.70. The van der Waals surface area contributed by atoms with Gasteiger partial charge >= 0.3 is 0 Å². The summed E-state index contributed by atoms with van der Waals surface area (Å²) in [5, 5.41) is 9.02. The van der Waals surface area contributed by atoms with Crippen molar-refractivity contribution in [3.8, 4) is 23.3 Å². The molecule has 9 heteroatoms. The third-order valence-electron chi connectivity index (χ3n) is 4.34. The fourth-order valence-corrected chi connectivity index (χ4v) is 2.59. The van der Waals surface area contributed by atoms with E-state index >= 15 is 0 Å². The molecule has 8 nitrogen and oxygen atoms in total. The first kappa shape index (κ1) is 29.4. The van der Waals surface area contributed by atoms with Gasteiger partial charge in [0.25, 0.3) is 0 Å². The molecule has 0 saturated heterocycles. The number of benzene rings is 2. The Bertz CT molecular complexity index is 1080. The lowest BCUT2D eigenvalue weighted by molar-refractivity contribution is 0.0507. The summed E-state index contributed by atoms with van der Waals surface area (Å²) < 4.78 is 25.3. The molecular weight excluding hydrogens is 496 g/mol. The highest BCUT2D eigenvalue weighted by Gasteiger charge is 1.99. The van der Waals surface area contributed by atoms with Gasteiger partial charge < -0.3 is 28.8 Å². The van der Waals surface area contributed by atoms with E-state index in [0.717, 1.165) is 11.1 Å². The molecule has 0 aliphatic heterocycles. The van der Waals surface area contributed by atoms with Gasteiger partial charge in [-0.1, -0.05) is 72.3 Å². The Labute approximate surface area is 222 Å². The van der Waals surface area contributed by atoms with Crippen molar-refractivity contribution in [1.29, 1.82) is 0 Å². The summed E-state index contributed by atoms with van der Waals surface area (Å²) in [6.45, 7) is 1.20. The molecule has 4 aromatic rings. The molecule has 196 valence electrons. The van der Waals surface area contributed by atoms with Crippen molar-refractivity contribution in [3.63, 3.8) is 0 Å². The van der Waals surface area contributed by atoms with Crippen LogP contribution in [0.2, 0.25) is 0 Å². The maximum absolute atomic E-state index is 9.02. The molecule has 37 heavy (non-hydrogen) atoms. The van der Waals surface area contributed by atoms with Crippen LogP contribution in [-0.2, 0) is 22.7 Å². The van der Waals surface area contributed by atoms with Crippen LogP contribution in [-0.4, -0.2) is 42.2 Å². The third kappa shape index (κ3) is 13.1. The van der Waals surface area contributed by atoms with Crippen LogP contribution < -0.4 is 14.2 Å². The molecule has 0 saturated carbocycles. The predicted molar refractivity (Wildman–Crippen MR) is 142 cm³/mol. The standard InChI is InChI=1S/C14H15NO3.C12H11NO2.C2H5ClO/c1-16-11-18-13-7-8-14(15-9-13)17-10-12-5-3-2-4-6-12;14-11-6-7-12(13-8-11)15-9-10-4-2-1-3-5-10;1-4-2-3/h2-9H,10-11H2,1H3;1-8,14H,9H2;2H2,1H3. The summed E-state index contributed by atoms with van der Waals surface area (Å²) in [5.74, 6) is 1.88. The van der Waals surface area contributed by atoms with Crippen molar-refractivity contribution in [1.82, 2.24) is 9.97 Å². The summed E-state index contributed by atoms with van der Waals surface area (Å²) in [7, 11) is 3.12. The number of hydrogen-bond donors (Lipinski definition) is 1. The van der Waals surface area contributed by atoms with Crippen molar-refractivity contribution in [2.75, 3.05) is 27.1 Å². The molecule has 0 radical (unpaired) electrons. The number of aromatic nitrogens is 2. The summed E-state index contributed by atoms with van der Waals surface area (Å²) >= 11 is 4.96. The maximum atomic E-state index is 9.02. The lowest BCUT2D eigenvalue weighted by atomic mass is 10.2. The second-order valence-corrected chi connectivity index (χ2v) is 7.40. The molecule has 2 heterocycles. The molecule has 2 aromatic heterocycles. The largest absolute Gasteiger partial charge is 0.506 e. The minimum absolute atomic E-state index is 0.141. The van der Waals surface area contributed by atoms with E-state index in [2.05, 4.69) is 14.7 Å². The third-order valence-corrected chi connectivity index (χ3v) is 4.56. The van der Waals surface area contributed by atoms with Gasteiger partial charge in [-0.3, -0.25) is 0 Å². The van der Waals surface area contributed by atoms with Crippen LogP contribution in [0.3, 0.4) is 0 Å². The van der Waals surface area contributed by atoms with Crippen molar-refractivity contribution in [2.45, 2.75) is 13.2 Å². The smallest absolute Gasteiger partial charge is 0.213 e. The Morgan fingerprint density at radius 2 is 1.16 bits per heavy atom. The Morgan fingerprint density at radius 3 is 1.57 bits per heavy atom. The topological polar surface area (TPSA) is 92.2 Å². The molecule has 0 spiro atoms. The van der Waals surface area contributed by atoms with Crippen LogP contribution in [0.5, 0.6) is 23.3 Å². The number of nitrogens with zero attached hydrogens (tertiary/aromatic N) is 2. The SMILES string of the molecule is COCCl.COCOc1ccc(OCc2ccccc2)nc1.Oc1ccc(OCc2ccccc2)nc1. The number of methoxy groups -OCH3 is 2. The van der Waals surface area contributed by atoms with Crippen LogP contribution >= 0.6 is 11.6 Å². The van der Waals surface area contributed by atoms with Gasteiger partial charge in [-0.2, -0.15) is 0 Å². The first-order valence-corrected chi connectivity index (χ1v) is 11.8. The highest BCUT2D eigenvalue weighted by atomic mass is 35.5. The lowest BCUT2D eigenvalue weighted by Crippen LogP contribution is -2.00. The van der Waals surface area contributed by atoms with Crippen LogP contribution in [0.4, 0.5) is 0 Å². The number of rotatable bonds is 10. The molecule has 0 unspecified atom stereocenters. The quantitative estimate of drug-likeness (QED) is 0.203. The molecule has 0 atom stereocenters. The summed E-state index contributed by atoms with van der Waals surface area (Å²) in [6, 6.07) is 26.9. The number of ether oxygens (including phenoxy) is 5. The van der Waals surface area contributed by atoms with Crippen molar-refractivity contribution < 1.29 is 28.8 Å². The van der Waals surface area contributed by atoms with Crippen LogP contribution in [0, 0.1) is 0 Å². The zero-order valence-electron chi connectivity index (χ0n) is 20.8. The Kier molecular flexibility index (Phi) is 14.6.